The molecule has 2 aromatic carbocycles. The second-order valence-corrected chi connectivity index (χ2v) is 6.14. The van der Waals surface area contributed by atoms with Crippen LogP contribution < -0.4 is 9.47 Å². The molecule has 4 heteroatoms. The van der Waals surface area contributed by atoms with Crippen LogP contribution in [0.15, 0.2) is 42.5 Å². The van der Waals surface area contributed by atoms with E-state index in [2.05, 4.69) is 31.2 Å². The van der Waals surface area contributed by atoms with E-state index in [0.717, 1.165) is 19.4 Å². The van der Waals surface area contributed by atoms with E-state index in [0.29, 0.717) is 17.1 Å². The maximum absolute atomic E-state index is 13.0. The Balaban J connectivity index is 1.87. The highest BCUT2D eigenvalue weighted by Gasteiger charge is 2.30. The summed E-state index contributed by atoms with van der Waals surface area (Å²) in [5, 5.41) is 0. The maximum Gasteiger partial charge on any atom is 0.254 e. The molecule has 1 heterocycles. The third-order valence-electron chi connectivity index (χ3n) is 4.61. The van der Waals surface area contributed by atoms with Crippen molar-refractivity contribution < 1.29 is 14.3 Å². The number of hydrogen-bond donors (Lipinski definition) is 0. The highest BCUT2D eigenvalue weighted by atomic mass is 16.5. The molecule has 1 saturated heterocycles. The zero-order valence-electron chi connectivity index (χ0n) is 14.4. The largest absolute Gasteiger partial charge is 0.493 e. The molecule has 24 heavy (non-hydrogen) atoms. The van der Waals surface area contributed by atoms with Crippen molar-refractivity contribution in [1.29, 1.82) is 0 Å². The van der Waals surface area contributed by atoms with Crippen molar-refractivity contribution in [3.8, 4) is 11.5 Å². The molecule has 126 valence electrons. The van der Waals surface area contributed by atoms with Crippen LogP contribution in [0.3, 0.4) is 0 Å². The second kappa shape index (κ2) is 6.95. The van der Waals surface area contributed by atoms with Gasteiger partial charge in [-0.3, -0.25) is 4.79 Å². The summed E-state index contributed by atoms with van der Waals surface area (Å²) in [5.41, 5.74) is 3.06. The maximum atomic E-state index is 13.0. The summed E-state index contributed by atoms with van der Waals surface area (Å²) in [7, 11) is 3.17. The molecule has 0 aliphatic carbocycles. The summed E-state index contributed by atoms with van der Waals surface area (Å²) in [6.45, 7) is 2.86. The molecule has 1 atom stereocenters. The smallest absolute Gasteiger partial charge is 0.254 e. The van der Waals surface area contributed by atoms with Crippen molar-refractivity contribution in [2.75, 3.05) is 20.8 Å². The Hall–Kier alpha value is -2.49. The summed E-state index contributed by atoms with van der Waals surface area (Å²) >= 11 is 0. The van der Waals surface area contributed by atoms with Crippen LogP contribution in [-0.4, -0.2) is 31.6 Å². The normalized spacial score (nSPS) is 17.0. The minimum absolute atomic E-state index is 0.0408. The summed E-state index contributed by atoms with van der Waals surface area (Å²) in [6, 6.07) is 13.9. The van der Waals surface area contributed by atoms with E-state index in [1.807, 2.05) is 4.90 Å². The van der Waals surface area contributed by atoms with E-state index in [1.165, 1.54) is 11.1 Å². The van der Waals surface area contributed by atoms with Gasteiger partial charge in [0.2, 0.25) is 0 Å². The van der Waals surface area contributed by atoms with Gasteiger partial charge in [-0.05, 0) is 43.5 Å². The van der Waals surface area contributed by atoms with Crippen molar-refractivity contribution >= 4 is 5.91 Å². The Bertz CT molecular complexity index is 724. The van der Waals surface area contributed by atoms with Crippen molar-refractivity contribution in [3.05, 3.63) is 59.2 Å². The number of hydrogen-bond acceptors (Lipinski definition) is 3. The first-order valence-electron chi connectivity index (χ1n) is 8.23. The lowest BCUT2D eigenvalue weighted by Gasteiger charge is -2.25. The van der Waals surface area contributed by atoms with Crippen LogP contribution >= 0.6 is 0 Å². The van der Waals surface area contributed by atoms with Crippen molar-refractivity contribution in [2.45, 2.75) is 25.8 Å². The minimum atomic E-state index is 0.0408. The van der Waals surface area contributed by atoms with Crippen LogP contribution in [0, 0.1) is 6.92 Å². The molecular weight excluding hydrogens is 302 g/mol. The molecule has 1 aliphatic rings. The number of nitrogens with zero attached hydrogens (tertiary/aromatic N) is 1. The van der Waals surface area contributed by atoms with E-state index in [4.69, 9.17) is 9.47 Å². The van der Waals surface area contributed by atoms with Crippen LogP contribution in [0.5, 0.6) is 11.5 Å². The van der Waals surface area contributed by atoms with Crippen LogP contribution in [0.4, 0.5) is 0 Å². The van der Waals surface area contributed by atoms with Crippen LogP contribution in [0.1, 0.15) is 40.4 Å². The average molecular weight is 325 g/mol. The molecule has 0 radical (unpaired) electrons. The summed E-state index contributed by atoms with van der Waals surface area (Å²) in [6.07, 6.45) is 2.03. The number of carbonyl (C=O) groups excluding carboxylic acids is 1. The van der Waals surface area contributed by atoms with Gasteiger partial charge >= 0.3 is 0 Å². The van der Waals surface area contributed by atoms with E-state index in [9.17, 15) is 4.79 Å². The predicted molar refractivity (Wildman–Crippen MR) is 93.7 cm³/mol. The third-order valence-corrected chi connectivity index (χ3v) is 4.61. The first kappa shape index (κ1) is 16.4. The first-order chi connectivity index (χ1) is 11.6. The monoisotopic (exact) mass is 325 g/mol. The van der Waals surface area contributed by atoms with E-state index in [1.54, 1.807) is 32.4 Å². The number of carbonyl (C=O) groups is 1. The molecule has 2 aromatic rings. The summed E-state index contributed by atoms with van der Waals surface area (Å²) < 4.78 is 10.6. The second-order valence-electron chi connectivity index (χ2n) is 6.14. The van der Waals surface area contributed by atoms with Gasteiger partial charge in [0.05, 0.1) is 20.3 Å². The predicted octanol–water partition coefficient (Wildman–Crippen LogP) is 3.99. The zero-order valence-corrected chi connectivity index (χ0v) is 14.4. The molecular formula is C20H23NO3. The fourth-order valence-electron chi connectivity index (χ4n) is 3.28. The third kappa shape index (κ3) is 3.09. The van der Waals surface area contributed by atoms with Gasteiger partial charge in [0.1, 0.15) is 0 Å². The lowest BCUT2D eigenvalue weighted by molar-refractivity contribution is 0.0735. The van der Waals surface area contributed by atoms with E-state index in [-0.39, 0.29) is 11.9 Å². The van der Waals surface area contributed by atoms with Crippen molar-refractivity contribution in [2.24, 2.45) is 0 Å². The van der Waals surface area contributed by atoms with Crippen LogP contribution in [0.25, 0.3) is 0 Å². The number of rotatable bonds is 4. The van der Waals surface area contributed by atoms with Crippen LogP contribution in [-0.2, 0) is 0 Å². The minimum Gasteiger partial charge on any atom is -0.493 e. The van der Waals surface area contributed by atoms with Crippen molar-refractivity contribution in [1.82, 2.24) is 4.90 Å². The molecule has 0 N–H and O–H groups in total. The number of ether oxygens (including phenoxy) is 2. The quantitative estimate of drug-likeness (QED) is 0.853. The number of amides is 1. The lowest BCUT2D eigenvalue weighted by Crippen LogP contribution is -2.30. The molecule has 0 aromatic heterocycles. The highest BCUT2D eigenvalue weighted by molar-refractivity contribution is 5.95. The number of aryl methyl sites for hydroxylation is 1. The molecule has 0 bridgehead atoms. The van der Waals surface area contributed by atoms with Gasteiger partial charge in [0.25, 0.3) is 5.91 Å². The van der Waals surface area contributed by atoms with Gasteiger partial charge in [-0.15, -0.1) is 0 Å². The molecule has 0 spiro atoms. The molecule has 1 aliphatic heterocycles. The Morgan fingerprint density at radius 3 is 2.42 bits per heavy atom. The Kier molecular flexibility index (Phi) is 4.74. The fraction of sp³-hybridized carbons (Fsp3) is 0.350. The van der Waals surface area contributed by atoms with Crippen molar-refractivity contribution in [3.63, 3.8) is 0 Å². The Morgan fingerprint density at radius 2 is 1.75 bits per heavy atom. The van der Waals surface area contributed by atoms with Gasteiger partial charge < -0.3 is 14.4 Å². The molecule has 1 amide bonds. The fourth-order valence-corrected chi connectivity index (χ4v) is 3.28. The SMILES string of the molecule is COc1ccc(C(=O)N2CCC[C@H]2c2ccc(C)cc2)cc1OC. The van der Waals surface area contributed by atoms with Gasteiger partial charge in [0, 0.05) is 12.1 Å². The van der Waals surface area contributed by atoms with E-state index >= 15 is 0 Å². The molecule has 4 nitrogen and oxygen atoms in total. The Labute approximate surface area is 143 Å². The molecule has 0 saturated carbocycles. The van der Waals surface area contributed by atoms with Gasteiger partial charge in [0.15, 0.2) is 11.5 Å². The summed E-state index contributed by atoms with van der Waals surface area (Å²) in [4.78, 5) is 15.0. The van der Waals surface area contributed by atoms with Crippen LogP contribution in [0.2, 0.25) is 0 Å². The topological polar surface area (TPSA) is 38.8 Å². The van der Waals surface area contributed by atoms with Gasteiger partial charge in [-0.25, -0.2) is 0 Å². The Morgan fingerprint density at radius 1 is 1.04 bits per heavy atom. The molecule has 1 fully saturated rings. The molecule has 0 unspecified atom stereocenters. The number of likely N-dealkylation sites (tertiary alicyclic amines) is 1. The number of methoxy groups -OCH3 is 2. The standard InChI is InChI=1S/C20H23NO3/c1-14-6-8-15(9-7-14)17-5-4-12-21(17)20(22)16-10-11-18(23-2)19(13-16)24-3/h6-11,13,17H,4-5,12H2,1-3H3/t17-/m0/s1. The highest BCUT2D eigenvalue weighted by Crippen LogP contribution is 2.35. The average Bonchev–Trinajstić information content (AvgIpc) is 3.10. The number of benzene rings is 2. The zero-order chi connectivity index (χ0) is 17.1. The van der Waals surface area contributed by atoms with Gasteiger partial charge in [-0.1, -0.05) is 29.8 Å². The van der Waals surface area contributed by atoms with Gasteiger partial charge in [-0.2, -0.15) is 0 Å². The molecule has 3 rings (SSSR count). The first-order valence-corrected chi connectivity index (χ1v) is 8.23. The lowest BCUT2D eigenvalue weighted by atomic mass is 10.0. The summed E-state index contributed by atoms with van der Waals surface area (Å²) in [5.74, 6) is 1.25. The van der Waals surface area contributed by atoms with E-state index < -0.39 is 0 Å².